The van der Waals surface area contributed by atoms with Crippen molar-refractivity contribution in [1.29, 1.82) is 0 Å². The molecule has 1 fully saturated rings. The first-order valence-electron chi connectivity index (χ1n) is 9.96. The van der Waals surface area contributed by atoms with Crippen LogP contribution in [0, 0.1) is 12.8 Å². The second-order valence-corrected chi connectivity index (χ2v) is 9.44. The van der Waals surface area contributed by atoms with Gasteiger partial charge >= 0.3 is 0 Å². The molecule has 1 atom stereocenters. The zero-order valence-electron chi connectivity index (χ0n) is 16.7. The van der Waals surface area contributed by atoms with Crippen molar-refractivity contribution in [1.82, 2.24) is 4.90 Å². The van der Waals surface area contributed by atoms with Gasteiger partial charge in [0, 0.05) is 15.5 Å². The summed E-state index contributed by atoms with van der Waals surface area (Å²) in [7, 11) is 0. The molecule has 6 heteroatoms. The van der Waals surface area contributed by atoms with Crippen LogP contribution in [0.15, 0.2) is 53.1 Å². The van der Waals surface area contributed by atoms with Gasteiger partial charge in [-0.25, -0.2) is 0 Å². The molecule has 1 aliphatic heterocycles. The minimum Gasteiger partial charge on any atom is -0.459 e. The summed E-state index contributed by atoms with van der Waals surface area (Å²) < 4.78 is 5.27. The summed E-state index contributed by atoms with van der Waals surface area (Å²) in [6, 6.07) is 13.7. The number of furan rings is 1. The lowest BCUT2D eigenvalue weighted by atomic mass is 9.93. The first kappa shape index (κ1) is 20.2. The molecule has 29 heavy (non-hydrogen) atoms. The van der Waals surface area contributed by atoms with E-state index < -0.39 is 0 Å². The van der Waals surface area contributed by atoms with E-state index in [2.05, 4.69) is 42.3 Å². The van der Waals surface area contributed by atoms with Gasteiger partial charge in [-0.3, -0.25) is 9.69 Å². The first-order valence-corrected chi connectivity index (χ1v) is 11.2. The summed E-state index contributed by atoms with van der Waals surface area (Å²) in [5.41, 5.74) is 2.32. The Kier molecular flexibility index (Phi) is 6.09. The summed E-state index contributed by atoms with van der Waals surface area (Å²) in [6.07, 6.45) is 3.88. The number of benzene rings is 1. The van der Waals surface area contributed by atoms with E-state index in [4.69, 9.17) is 16.0 Å². The lowest BCUT2D eigenvalue weighted by Crippen LogP contribution is -2.37. The van der Waals surface area contributed by atoms with Gasteiger partial charge in [0.2, 0.25) is 0 Å². The lowest BCUT2D eigenvalue weighted by Gasteiger charge is -2.37. The van der Waals surface area contributed by atoms with E-state index in [9.17, 15) is 4.79 Å². The fourth-order valence-electron chi connectivity index (χ4n) is 3.93. The molecule has 0 radical (unpaired) electrons. The van der Waals surface area contributed by atoms with Crippen LogP contribution in [0.3, 0.4) is 0 Å². The Morgan fingerprint density at radius 1 is 1.24 bits per heavy atom. The number of amides is 1. The van der Waals surface area contributed by atoms with Crippen LogP contribution >= 0.6 is 22.9 Å². The predicted octanol–water partition coefficient (Wildman–Crippen LogP) is 6.38. The maximum Gasteiger partial charge on any atom is 0.291 e. The van der Waals surface area contributed by atoms with Crippen LogP contribution in [0.25, 0.3) is 0 Å². The topological polar surface area (TPSA) is 45.5 Å². The molecule has 0 bridgehead atoms. The van der Waals surface area contributed by atoms with Crippen LogP contribution in [-0.2, 0) is 0 Å². The van der Waals surface area contributed by atoms with Gasteiger partial charge in [-0.2, -0.15) is 0 Å². The molecule has 1 aliphatic rings. The Morgan fingerprint density at radius 2 is 1.97 bits per heavy atom. The monoisotopic (exact) mass is 428 g/mol. The van der Waals surface area contributed by atoms with Crippen molar-refractivity contribution in [2.24, 2.45) is 5.92 Å². The summed E-state index contributed by atoms with van der Waals surface area (Å²) in [5, 5.41) is 4.68. The molecular weight excluding hydrogens is 404 g/mol. The molecule has 0 saturated carbocycles. The summed E-state index contributed by atoms with van der Waals surface area (Å²) in [5.74, 6) is 0.844. The van der Waals surface area contributed by atoms with Crippen LogP contribution in [0.5, 0.6) is 0 Å². The number of aryl methyl sites for hydroxylation is 1. The van der Waals surface area contributed by atoms with Gasteiger partial charge in [0.25, 0.3) is 5.91 Å². The van der Waals surface area contributed by atoms with Crippen LogP contribution in [0.1, 0.15) is 52.4 Å². The van der Waals surface area contributed by atoms with Crippen LogP contribution < -0.4 is 5.32 Å². The Hall–Kier alpha value is -2.08. The average Bonchev–Trinajstić information content (AvgIpc) is 3.35. The largest absolute Gasteiger partial charge is 0.459 e. The number of hydrogen-bond acceptors (Lipinski definition) is 4. The van der Waals surface area contributed by atoms with Crippen molar-refractivity contribution < 1.29 is 9.21 Å². The number of carbonyl (C=O) groups is 1. The van der Waals surface area contributed by atoms with Crippen molar-refractivity contribution in [3.63, 3.8) is 0 Å². The number of rotatable bonds is 5. The van der Waals surface area contributed by atoms with Crippen molar-refractivity contribution >= 4 is 33.8 Å². The fraction of sp³-hybridized carbons (Fsp3) is 0.348. The van der Waals surface area contributed by atoms with E-state index in [0.717, 1.165) is 34.6 Å². The molecule has 0 spiro atoms. The first-order chi connectivity index (χ1) is 14.0. The van der Waals surface area contributed by atoms with E-state index in [1.807, 2.05) is 12.1 Å². The highest BCUT2D eigenvalue weighted by Crippen LogP contribution is 2.40. The van der Waals surface area contributed by atoms with Crippen LogP contribution in [0.4, 0.5) is 5.00 Å². The second kappa shape index (κ2) is 8.74. The van der Waals surface area contributed by atoms with Crippen molar-refractivity contribution in [2.45, 2.75) is 32.7 Å². The Balaban J connectivity index is 1.70. The van der Waals surface area contributed by atoms with E-state index in [1.54, 1.807) is 23.5 Å². The maximum absolute atomic E-state index is 12.6. The van der Waals surface area contributed by atoms with Gasteiger partial charge in [0.05, 0.1) is 12.3 Å². The summed E-state index contributed by atoms with van der Waals surface area (Å²) >= 11 is 7.75. The molecule has 1 aromatic carbocycles. The number of hydrogen-bond donors (Lipinski definition) is 1. The number of halogens is 1. The van der Waals surface area contributed by atoms with Gasteiger partial charge in [-0.1, -0.05) is 30.7 Å². The highest BCUT2D eigenvalue weighted by atomic mass is 35.5. The third-order valence-electron chi connectivity index (χ3n) is 5.52. The maximum atomic E-state index is 12.6. The summed E-state index contributed by atoms with van der Waals surface area (Å²) in [6.45, 7) is 6.47. The molecule has 152 valence electrons. The third kappa shape index (κ3) is 4.58. The van der Waals surface area contributed by atoms with Crippen molar-refractivity contribution in [3.05, 3.63) is 75.5 Å². The quantitative estimate of drug-likeness (QED) is 0.513. The fourth-order valence-corrected chi connectivity index (χ4v) is 4.99. The smallest absolute Gasteiger partial charge is 0.291 e. The standard InChI is InChI=1S/C23H25ClN2O2S/c1-15-9-11-26(12-10-15)21(17-5-7-18(24)8-6-17)19-14-16(2)29-23(19)25-22(27)20-4-3-13-28-20/h3-8,13-15,21H,9-12H2,1-2H3,(H,25,27)/t21-/m1/s1. The van der Waals surface area contributed by atoms with Gasteiger partial charge in [-0.05, 0) is 74.7 Å². The molecular formula is C23H25ClN2O2S. The Bertz CT molecular complexity index is 957. The summed E-state index contributed by atoms with van der Waals surface area (Å²) in [4.78, 5) is 16.3. The molecule has 1 N–H and O–H groups in total. The van der Waals surface area contributed by atoms with Crippen molar-refractivity contribution in [3.8, 4) is 0 Å². The zero-order chi connectivity index (χ0) is 20.4. The van der Waals surface area contributed by atoms with E-state index in [1.165, 1.54) is 29.5 Å². The van der Waals surface area contributed by atoms with Crippen LogP contribution in [-0.4, -0.2) is 23.9 Å². The average molecular weight is 429 g/mol. The molecule has 3 heterocycles. The minimum atomic E-state index is -0.222. The Morgan fingerprint density at radius 3 is 2.62 bits per heavy atom. The Labute approximate surface area is 180 Å². The van der Waals surface area contributed by atoms with E-state index >= 15 is 0 Å². The SMILES string of the molecule is Cc1cc([C@@H](c2ccc(Cl)cc2)N2CCC(C)CC2)c(NC(=O)c2ccco2)s1. The van der Waals surface area contributed by atoms with E-state index in [0.29, 0.717) is 5.76 Å². The number of likely N-dealkylation sites (tertiary alicyclic amines) is 1. The molecule has 4 rings (SSSR count). The minimum absolute atomic E-state index is 0.0802. The number of nitrogens with one attached hydrogen (secondary N) is 1. The lowest BCUT2D eigenvalue weighted by molar-refractivity contribution is 0.0996. The van der Waals surface area contributed by atoms with Crippen molar-refractivity contribution in [2.75, 3.05) is 18.4 Å². The normalized spacial score (nSPS) is 16.7. The number of piperidine rings is 1. The van der Waals surface area contributed by atoms with E-state index in [-0.39, 0.29) is 11.9 Å². The molecule has 1 saturated heterocycles. The molecule has 0 unspecified atom stereocenters. The highest BCUT2D eigenvalue weighted by molar-refractivity contribution is 7.16. The number of anilines is 1. The molecule has 0 aliphatic carbocycles. The molecule has 2 aromatic heterocycles. The van der Waals surface area contributed by atoms with Gasteiger partial charge < -0.3 is 9.73 Å². The number of nitrogens with zero attached hydrogens (tertiary/aromatic N) is 1. The predicted molar refractivity (Wildman–Crippen MR) is 119 cm³/mol. The van der Waals surface area contributed by atoms with Gasteiger partial charge in [-0.15, -0.1) is 11.3 Å². The zero-order valence-corrected chi connectivity index (χ0v) is 18.2. The molecule has 1 amide bonds. The number of carbonyl (C=O) groups excluding carboxylic acids is 1. The third-order valence-corrected chi connectivity index (χ3v) is 6.75. The highest BCUT2D eigenvalue weighted by Gasteiger charge is 2.29. The van der Waals surface area contributed by atoms with Gasteiger partial charge in [0.1, 0.15) is 5.00 Å². The van der Waals surface area contributed by atoms with Gasteiger partial charge in [0.15, 0.2) is 5.76 Å². The van der Waals surface area contributed by atoms with Crippen LogP contribution in [0.2, 0.25) is 5.02 Å². The number of thiophene rings is 1. The second-order valence-electron chi connectivity index (χ2n) is 7.75. The molecule has 4 nitrogen and oxygen atoms in total. The molecule has 3 aromatic rings.